The van der Waals surface area contributed by atoms with Crippen LogP contribution in [0.2, 0.25) is 0 Å². The van der Waals surface area contributed by atoms with Gasteiger partial charge in [0.15, 0.2) is 23.0 Å². The summed E-state index contributed by atoms with van der Waals surface area (Å²) in [5.41, 5.74) is 1.33. The van der Waals surface area contributed by atoms with Crippen molar-refractivity contribution in [3.8, 4) is 28.7 Å². The first kappa shape index (κ1) is 36.5. The Labute approximate surface area is 308 Å². The lowest BCUT2D eigenvalue weighted by Crippen LogP contribution is -2.48. The average Bonchev–Trinajstić information content (AvgIpc) is 3.80. The fraction of sp³-hybridized carbons (Fsp3) is 0.385. The molecule has 0 radical (unpaired) electrons. The van der Waals surface area contributed by atoms with Crippen LogP contribution in [0.1, 0.15) is 53.5 Å². The molecule has 15 heteroatoms. The number of carbonyl (C=O) groups is 2. The maximum absolute atomic E-state index is 13.9. The molecule has 3 aliphatic rings. The second-order valence-corrected chi connectivity index (χ2v) is 13.5. The van der Waals surface area contributed by atoms with Crippen LogP contribution in [0.5, 0.6) is 28.7 Å². The van der Waals surface area contributed by atoms with E-state index in [1.54, 1.807) is 12.1 Å². The number of aromatic amines is 1. The number of aromatic nitrogens is 2. The third-order valence-corrected chi connectivity index (χ3v) is 10.3. The van der Waals surface area contributed by atoms with Crippen LogP contribution in [0, 0.1) is 17.7 Å². The maximum Gasteiger partial charge on any atom is 0.328 e. The van der Waals surface area contributed by atoms with E-state index in [0.29, 0.717) is 42.7 Å². The van der Waals surface area contributed by atoms with Crippen LogP contribution in [0.3, 0.4) is 0 Å². The van der Waals surface area contributed by atoms with E-state index < -0.39 is 58.8 Å². The van der Waals surface area contributed by atoms with Gasteiger partial charge in [-0.2, -0.15) is 4.39 Å². The van der Waals surface area contributed by atoms with Crippen LogP contribution in [0.15, 0.2) is 70.4 Å². The van der Waals surface area contributed by atoms with Gasteiger partial charge in [0.2, 0.25) is 18.4 Å². The Bertz CT molecular complexity index is 2130. The molecule has 284 valence electrons. The van der Waals surface area contributed by atoms with Gasteiger partial charge in [-0.3, -0.25) is 29.3 Å². The van der Waals surface area contributed by atoms with E-state index in [9.17, 15) is 28.7 Å². The summed E-state index contributed by atoms with van der Waals surface area (Å²) in [6, 6.07) is 15.2. The van der Waals surface area contributed by atoms with E-state index in [1.807, 2.05) is 47.4 Å². The Morgan fingerprint density at radius 2 is 1.69 bits per heavy atom. The second kappa shape index (κ2) is 15.6. The highest BCUT2D eigenvalue weighted by molar-refractivity contribution is 5.80. The number of fused-ring (bicyclic) bond motifs is 3. The molecule has 0 saturated carbocycles. The lowest BCUT2D eigenvalue weighted by molar-refractivity contribution is -0.146. The van der Waals surface area contributed by atoms with Crippen molar-refractivity contribution in [2.45, 2.75) is 50.2 Å². The number of hydrogen-bond acceptors (Lipinski definition) is 12. The van der Waals surface area contributed by atoms with Gasteiger partial charge in [-0.15, -0.1) is 0 Å². The monoisotopic (exact) mass is 745 g/mol. The number of halogens is 1. The number of hydrogen-bond donors (Lipinski definition) is 3. The molecule has 0 amide bonds. The zero-order chi connectivity index (χ0) is 37.9. The summed E-state index contributed by atoms with van der Waals surface area (Å²) in [6.45, 7) is 0.401. The van der Waals surface area contributed by atoms with Gasteiger partial charge in [0.05, 0.1) is 39.5 Å². The number of nitrogens with zero attached hydrogens (tertiary/aromatic N) is 1. The first-order chi connectivity index (χ1) is 26.2. The second-order valence-electron chi connectivity index (χ2n) is 13.5. The van der Waals surface area contributed by atoms with E-state index in [4.69, 9.17) is 28.4 Å². The fourth-order valence-electron chi connectivity index (χ4n) is 7.63. The Morgan fingerprint density at radius 3 is 2.39 bits per heavy atom. The molecule has 7 rings (SSSR count). The quantitative estimate of drug-likeness (QED) is 0.126. The van der Waals surface area contributed by atoms with Crippen molar-refractivity contribution in [3.05, 3.63) is 110 Å². The average molecular weight is 746 g/mol. The molecule has 5 atom stereocenters. The van der Waals surface area contributed by atoms with Crippen molar-refractivity contribution >= 4 is 11.9 Å². The number of unbranched alkanes of at least 4 members (excludes halogenated alkanes) is 2. The van der Waals surface area contributed by atoms with Crippen molar-refractivity contribution in [1.82, 2.24) is 14.9 Å². The lowest BCUT2D eigenvalue weighted by Gasteiger charge is -2.40. The minimum Gasteiger partial charge on any atom is -0.502 e. The highest BCUT2D eigenvalue weighted by atomic mass is 19.1. The number of cyclic esters (lactones) is 1. The van der Waals surface area contributed by atoms with E-state index >= 15 is 0 Å². The largest absolute Gasteiger partial charge is 0.502 e. The summed E-state index contributed by atoms with van der Waals surface area (Å²) in [5, 5.41) is 14.3. The summed E-state index contributed by atoms with van der Waals surface area (Å²) in [4.78, 5) is 52.8. The van der Waals surface area contributed by atoms with Crippen LogP contribution >= 0.6 is 0 Å². The minimum atomic E-state index is -1.06. The highest BCUT2D eigenvalue weighted by Gasteiger charge is 2.53. The van der Waals surface area contributed by atoms with Gasteiger partial charge in [0.25, 0.3) is 5.56 Å². The number of H-pyrrole nitrogens is 1. The Morgan fingerprint density at radius 1 is 0.981 bits per heavy atom. The molecule has 1 fully saturated rings. The van der Waals surface area contributed by atoms with Gasteiger partial charge in [-0.25, -0.2) is 4.79 Å². The molecule has 14 nitrogen and oxygen atoms in total. The van der Waals surface area contributed by atoms with Crippen LogP contribution in [0.25, 0.3) is 0 Å². The van der Waals surface area contributed by atoms with Gasteiger partial charge in [0, 0.05) is 24.4 Å². The Kier molecular flexibility index (Phi) is 10.6. The highest BCUT2D eigenvalue weighted by Crippen LogP contribution is 2.55. The number of carbonyl (C=O) groups excluding carboxylic acids is 2. The smallest absolute Gasteiger partial charge is 0.328 e. The number of phenolic OH excluding ortho intramolecular Hbond substituents is 1. The third-order valence-electron chi connectivity index (χ3n) is 10.3. The SMILES string of the molecule is COc1cc([C@@H]2c3cc4c(cc3[C@@H](NC(Cc3ccccc3)C(=O)OCCCCCn3cc(F)c(=O)[nH]c3=O)[C@H]3COC(=O)[C@H]23)OCO4)cc(OC)c1O. The molecule has 0 bridgehead atoms. The third kappa shape index (κ3) is 7.23. The molecule has 4 aromatic rings. The summed E-state index contributed by atoms with van der Waals surface area (Å²) < 4.78 is 48.8. The first-order valence-electron chi connectivity index (χ1n) is 17.7. The van der Waals surface area contributed by atoms with Crippen molar-refractivity contribution < 1.29 is 47.5 Å². The Hall–Kier alpha value is -5.83. The number of ether oxygens (including phenoxy) is 6. The number of benzene rings is 3. The molecule has 3 N–H and O–H groups in total. The zero-order valence-electron chi connectivity index (χ0n) is 29.7. The number of esters is 2. The summed E-state index contributed by atoms with van der Waals surface area (Å²) in [5.74, 6) is -2.37. The topological polar surface area (TPSA) is 177 Å². The summed E-state index contributed by atoms with van der Waals surface area (Å²) in [6.07, 6.45) is 2.71. The maximum atomic E-state index is 13.9. The molecule has 1 aromatic heterocycles. The van der Waals surface area contributed by atoms with Gasteiger partial charge >= 0.3 is 17.6 Å². The number of nitrogens with one attached hydrogen (secondary N) is 2. The normalized spacial score (nSPS) is 20.1. The number of rotatable bonds is 14. The predicted octanol–water partition coefficient (Wildman–Crippen LogP) is 3.72. The molecule has 3 heterocycles. The van der Waals surface area contributed by atoms with Crippen molar-refractivity contribution in [2.24, 2.45) is 11.8 Å². The minimum absolute atomic E-state index is 0.0260. The zero-order valence-corrected chi connectivity index (χ0v) is 29.7. The van der Waals surface area contributed by atoms with E-state index in [0.717, 1.165) is 27.5 Å². The predicted molar refractivity (Wildman–Crippen MR) is 189 cm³/mol. The van der Waals surface area contributed by atoms with Crippen LogP contribution in [-0.4, -0.2) is 66.9 Å². The molecular weight excluding hydrogens is 705 g/mol. The van der Waals surface area contributed by atoms with E-state index in [-0.39, 0.29) is 43.8 Å². The van der Waals surface area contributed by atoms with Crippen LogP contribution in [-0.2, 0) is 32.0 Å². The van der Waals surface area contributed by atoms with Crippen LogP contribution in [0.4, 0.5) is 4.39 Å². The van der Waals surface area contributed by atoms with Gasteiger partial charge in [-0.05, 0) is 72.2 Å². The number of aromatic hydroxyl groups is 1. The molecular formula is C39H40FN3O11. The lowest BCUT2D eigenvalue weighted by atomic mass is 9.65. The molecule has 1 unspecified atom stereocenters. The fourth-order valence-corrected chi connectivity index (χ4v) is 7.63. The van der Waals surface area contributed by atoms with Gasteiger partial charge < -0.3 is 33.5 Å². The molecule has 54 heavy (non-hydrogen) atoms. The van der Waals surface area contributed by atoms with Crippen molar-refractivity contribution in [2.75, 3.05) is 34.2 Å². The van der Waals surface area contributed by atoms with Crippen molar-refractivity contribution in [3.63, 3.8) is 0 Å². The number of aryl methyl sites for hydroxylation is 1. The van der Waals surface area contributed by atoms with E-state index in [2.05, 4.69) is 5.32 Å². The molecule has 2 aliphatic heterocycles. The standard InChI is InChI=1S/C39H40FN3O11/c1-49-30-14-22(15-31(50-2)35(30)44)32-23-16-28-29(54-20-53-28)17-24(23)34(25-19-52-38(47)33(25)32)41-27(13-21-9-5-3-6-10-21)37(46)51-12-8-4-7-11-43-18-26(40)36(45)42-39(43)48/h3,5-6,9-10,14-18,25,27,32-34,41,44H,4,7-8,11-13,19-20H2,1-2H3,(H,42,45,48)/t25-,27?,32+,33-,34+/m0/s1. The molecule has 0 spiro atoms. The molecule has 3 aromatic carbocycles. The molecule has 1 aliphatic carbocycles. The van der Waals surface area contributed by atoms with Gasteiger partial charge in [-0.1, -0.05) is 30.3 Å². The first-order valence-corrected chi connectivity index (χ1v) is 17.7. The number of methoxy groups -OCH3 is 2. The summed E-state index contributed by atoms with van der Waals surface area (Å²) in [7, 11) is 2.87. The summed E-state index contributed by atoms with van der Waals surface area (Å²) >= 11 is 0. The van der Waals surface area contributed by atoms with Crippen molar-refractivity contribution in [1.29, 1.82) is 0 Å². The van der Waals surface area contributed by atoms with E-state index in [1.165, 1.54) is 14.2 Å². The van der Waals surface area contributed by atoms with Gasteiger partial charge in [0.1, 0.15) is 6.04 Å². The molecule has 1 saturated heterocycles. The van der Waals surface area contributed by atoms with Crippen LogP contribution < -0.4 is 35.5 Å². The Balaban J connectivity index is 1.16. The number of phenols is 1.